The normalized spacial score (nSPS) is 19.2. The summed E-state index contributed by atoms with van der Waals surface area (Å²) in [6.45, 7) is 3.50. The summed E-state index contributed by atoms with van der Waals surface area (Å²) in [5, 5.41) is 13.9. The van der Waals surface area contributed by atoms with Crippen molar-refractivity contribution in [2.45, 2.75) is 25.8 Å². The van der Waals surface area contributed by atoms with Gasteiger partial charge in [0.25, 0.3) is 5.69 Å². The summed E-state index contributed by atoms with van der Waals surface area (Å²) in [6, 6.07) is 5.09. The van der Waals surface area contributed by atoms with Gasteiger partial charge in [0, 0.05) is 18.2 Å². The molecule has 1 fully saturated rings. The second kappa shape index (κ2) is 5.14. The molecule has 0 aliphatic carbocycles. The molecule has 0 saturated carbocycles. The minimum Gasteiger partial charge on any atom is -0.492 e. The molecule has 17 heavy (non-hydrogen) atoms. The number of ether oxygens (including phenoxy) is 1. The van der Waals surface area contributed by atoms with Crippen molar-refractivity contribution in [2.24, 2.45) is 0 Å². The largest absolute Gasteiger partial charge is 0.492 e. The van der Waals surface area contributed by atoms with Crippen molar-refractivity contribution in [1.29, 1.82) is 0 Å². The highest BCUT2D eigenvalue weighted by Gasteiger charge is 2.15. The quantitative estimate of drug-likeness (QED) is 0.641. The number of nitro groups is 1. The third kappa shape index (κ3) is 2.94. The molecule has 5 nitrogen and oxygen atoms in total. The summed E-state index contributed by atoms with van der Waals surface area (Å²) in [7, 11) is 0. The smallest absolute Gasteiger partial charge is 0.269 e. The van der Waals surface area contributed by atoms with Crippen LogP contribution >= 0.6 is 0 Å². The lowest BCUT2D eigenvalue weighted by molar-refractivity contribution is -0.384. The van der Waals surface area contributed by atoms with Crippen LogP contribution in [0, 0.1) is 17.0 Å². The molecule has 1 atom stereocenters. The Morgan fingerprint density at radius 3 is 3.00 bits per heavy atom. The van der Waals surface area contributed by atoms with Gasteiger partial charge in [-0.05, 0) is 37.9 Å². The molecule has 92 valence electrons. The minimum atomic E-state index is -0.394. The molecule has 0 aromatic heterocycles. The topological polar surface area (TPSA) is 64.4 Å². The fraction of sp³-hybridized carbons (Fsp3) is 0.500. The Labute approximate surface area is 99.9 Å². The summed E-state index contributed by atoms with van der Waals surface area (Å²) in [5.41, 5.74) is 0.908. The number of hydrogen-bond donors (Lipinski definition) is 1. The first-order chi connectivity index (χ1) is 8.16. The first-order valence-corrected chi connectivity index (χ1v) is 5.78. The van der Waals surface area contributed by atoms with Gasteiger partial charge in [0.05, 0.1) is 4.92 Å². The Kier molecular flexibility index (Phi) is 3.58. The van der Waals surface area contributed by atoms with Gasteiger partial charge in [0.1, 0.15) is 12.4 Å². The lowest BCUT2D eigenvalue weighted by atomic mass is 10.2. The van der Waals surface area contributed by atoms with Crippen molar-refractivity contribution >= 4 is 5.69 Å². The Balaban J connectivity index is 1.98. The fourth-order valence-corrected chi connectivity index (χ4v) is 2.00. The van der Waals surface area contributed by atoms with Crippen LogP contribution in [0.2, 0.25) is 0 Å². The number of nitro benzene ring substituents is 1. The number of nitrogens with zero attached hydrogens (tertiary/aromatic N) is 1. The molecule has 5 heteroatoms. The summed E-state index contributed by atoms with van der Waals surface area (Å²) in [4.78, 5) is 10.2. The standard InChI is InChI=1S/C12H16N2O3/c1-9-7-11(14(15)16)4-5-12(9)17-8-10-3-2-6-13-10/h4-5,7,10,13H,2-3,6,8H2,1H3. The van der Waals surface area contributed by atoms with Crippen LogP contribution in [0.3, 0.4) is 0 Å². The third-order valence-corrected chi connectivity index (χ3v) is 2.97. The van der Waals surface area contributed by atoms with Crippen LogP contribution in [0.5, 0.6) is 5.75 Å². The molecule has 0 bridgehead atoms. The Bertz CT molecular complexity index is 414. The molecule has 1 heterocycles. The van der Waals surface area contributed by atoms with E-state index in [4.69, 9.17) is 4.74 Å². The molecular formula is C12H16N2O3. The van der Waals surface area contributed by atoms with Crippen molar-refractivity contribution in [3.8, 4) is 5.75 Å². The SMILES string of the molecule is Cc1cc([N+](=O)[O-])ccc1OCC1CCCN1. The third-order valence-electron chi connectivity index (χ3n) is 2.97. The summed E-state index contributed by atoms with van der Waals surface area (Å²) in [6.07, 6.45) is 2.32. The zero-order valence-electron chi connectivity index (χ0n) is 9.81. The van der Waals surface area contributed by atoms with Gasteiger partial charge in [-0.25, -0.2) is 0 Å². The zero-order chi connectivity index (χ0) is 12.3. The Hall–Kier alpha value is -1.62. The number of aryl methyl sites for hydroxylation is 1. The van der Waals surface area contributed by atoms with Crippen LogP contribution in [-0.2, 0) is 0 Å². The van der Waals surface area contributed by atoms with E-state index in [1.807, 2.05) is 6.92 Å². The number of benzene rings is 1. The highest BCUT2D eigenvalue weighted by atomic mass is 16.6. The van der Waals surface area contributed by atoms with E-state index < -0.39 is 4.92 Å². The average Bonchev–Trinajstić information content (AvgIpc) is 2.80. The molecular weight excluding hydrogens is 220 g/mol. The minimum absolute atomic E-state index is 0.105. The van der Waals surface area contributed by atoms with E-state index in [1.165, 1.54) is 18.6 Å². The van der Waals surface area contributed by atoms with Crippen molar-refractivity contribution in [1.82, 2.24) is 5.32 Å². The van der Waals surface area contributed by atoms with Gasteiger partial charge >= 0.3 is 0 Å². The van der Waals surface area contributed by atoms with Gasteiger partial charge in [-0.1, -0.05) is 0 Å². The molecule has 1 aromatic carbocycles. The molecule has 0 amide bonds. The molecule has 0 radical (unpaired) electrons. The zero-order valence-corrected chi connectivity index (χ0v) is 9.81. The second-order valence-corrected chi connectivity index (χ2v) is 4.31. The Morgan fingerprint density at radius 2 is 2.41 bits per heavy atom. The van der Waals surface area contributed by atoms with Crippen molar-refractivity contribution in [3.05, 3.63) is 33.9 Å². The second-order valence-electron chi connectivity index (χ2n) is 4.31. The summed E-state index contributed by atoms with van der Waals surface area (Å²) < 4.78 is 5.67. The highest BCUT2D eigenvalue weighted by Crippen LogP contribution is 2.23. The van der Waals surface area contributed by atoms with E-state index >= 15 is 0 Å². The first-order valence-electron chi connectivity index (χ1n) is 5.78. The van der Waals surface area contributed by atoms with E-state index in [1.54, 1.807) is 6.07 Å². The molecule has 1 aromatic rings. The van der Waals surface area contributed by atoms with Gasteiger partial charge in [0.2, 0.25) is 0 Å². The van der Waals surface area contributed by atoms with Gasteiger partial charge < -0.3 is 10.1 Å². The molecule has 1 aliphatic heterocycles. The van der Waals surface area contributed by atoms with Crippen molar-refractivity contribution in [2.75, 3.05) is 13.2 Å². The van der Waals surface area contributed by atoms with Crippen LogP contribution in [-0.4, -0.2) is 24.1 Å². The monoisotopic (exact) mass is 236 g/mol. The Morgan fingerprint density at radius 1 is 1.59 bits per heavy atom. The molecule has 1 N–H and O–H groups in total. The first kappa shape index (κ1) is 11.9. The van der Waals surface area contributed by atoms with Gasteiger partial charge in [-0.3, -0.25) is 10.1 Å². The maximum absolute atomic E-state index is 10.6. The van der Waals surface area contributed by atoms with E-state index in [0.717, 1.165) is 24.3 Å². The predicted molar refractivity (Wildman–Crippen MR) is 64.4 cm³/mol. The maximum Gasteiger partial charge on any atom is 0.269 e. The van der Waals surface area contributed by atoms with Crippen LogP contribution in [0.1, 0.15) is 18.4 Å². The molecule has 1 aliphatic rings. The molecule has 1 saturated heterocycles. The summed E-state index contributed by atoms with van der Waals surface area (Å²) >= 11 is 0. The maximum atomic E-state index is 10.6. The van der Waals surface area contributed by atoms with E-state index in [9.17, 15) is 10.1 Å². The van der Waals surface area contributed by atoms with E-state index in [2.05, 4.69) is 5.32 Å². The fourth-order valence-electron chi connectivity index (χ4n) is 2.00. The van der Waals surface area contributed by atoms with Gasteiger partial charge in [-0.2, -0.15) is 0 Å². The number of non-ortho nitro benzene ring substituents is 1. The van der Waals surface area contributed by atoms with Crippen LogP contribution in [0.25, 0.3) is 0 Å². The number of nitrogens with one attached hydrogen (secondary N) is 1. The van der Waals surface area contributed by atoms with E-state index in [0.29, 0.717) is 12.6 Å². The average molecular weight is 236 g/mol. The van der Waals surface area contributed by atoms with Gasteiger partial charge in [-0.15, -0.1) is 0 Å². The highest BCUT2D eigenvalue weighted by molar-refractivity contribution is 5.42. The van der Waals surface area contributed by atoms with Crippen molar-refractivity contribution in [3.63, 3.8) is 0 Å². The van der Waals surface area contributed by atoms with Crippen molar-refractivity contribution < 1.29 is 9.66 Å². The number of rotatable bonds is 4. The van der Waals surface area contributed by atoms with Crippen LogP contribution in [0.4, 0.5) is 5.69 Å². The lowest BCUT2D eigenvalue weighted by Crippen LogP contribution is -2.28. The summed E-state index contributed by atoms with van der Waals surface area (Å²) in [5.74, 6) is 0.726. The lowest BCUT2D eigenvalue weighted by Gasteiger charge is -2.13. The predicted octanol–water partition coefficient (Wildman–Crippen LogP) is 2.03. The van der Waals surface area contributed by atoms with Gasteiger partial charge in [0.15, 0.2) is 0 Å². The van der Waals surface area contributed by atoms with Crippen LogP contribution in [0.15, 0.2) is 18.2 Å². The molecule has 0 spiro atoms. The molecule has 1 unspecified atom stereocenters. The van der Waals surface area contributed by atoms with E-state index in [-0.39, 0.29) is 5.69 Å². The number of hydrogen-bond acceptors (Lipinski definition) is 4. The van der Waals surface area contributed by atoms with Crippen LogP contribution < -0.4 is 10.1 Å². The molecule has 2 rings (SSSR count).